The average molecular weight is 240 g/mol. The van der Waals surface area contributed by atoms with E-state index in [4.69, 9.17) is 0 Å². The summed E-state index contributed by atoms with van der Waals surface area (Å²) in [5, 5.41) is 3.13. The number of aromatic amines is 1. The van der Waals surface area contributed by atoms with Gasteiger partial charge in [-0.25, -0.2) is 4.39 Å². The Morgan fingerprint density at radius 2 is 1.94 bits per heavy atom. The van der Waals surface area contributed by atoms with Crippen molar-refractivity contribution in [2.45, 2.75) is 40.7 Å². The Morgan fingerprint density at radius 1 is 1.35 bits per heavy atom. The summed E-state index contributed by atoms with van der Waals surface area (Å²) in [6.45, 7) is 10.4. The molecule has 0 aromatic carbocycles. The van der Waals surface area contributed by atoms with Gasteiger partial charge >= 0.3 is 0 Å². The molecule has 2 N–H and O–H groups in total. The van der Waals surface area contributed by atoms with Crippen LogP contribution in [0.15, 0.2) is 17.1 Å². The molecule has 0 aliphatic heterocycles. The first-order chi connectivity index (χ1) is 7.71. The summed E-state index contributed by atoms with van der Waals surface area (Å²) < 4.78 is 13.5. The lowest BCUT2D eigenvalue weighted by molar-refractivity contribution is 0.280. The number of aromatic nitrogens is 1. The SMILES string of the molecule is CC(C)[C@@H](Nc1cc(=O)[nH]cc1F)C(C)(C)C. The van der Waals surface area contributed by atoms with Crippen molar-refractivity contribution in [1.29, 1.82) is 0 Å². The highest BCUT2D eigenvalue weighted by Crippen LogP contribution is 2.28. The van der Waals surface area contributed by atoms with Gasteiger partial charge in [0.05, 0.1) is 5.69 Å². The smallest absolute Gasteiger partial charge is 0.250 e. The third-order valence-corrected chi connectivity index (χ3v) is 2.78. The standard InChI is InChI=1S/C13H21FN2O/c1-8(2)12(13(3,4)5)16-10-6-11(17)15-7-9(10)14/h6-8,12H,1-5H3,(H2,15,16,17)/t12-/m1/s1. The minimum absolute atomic E-state index is 0.0107. The van der Waals surface area contributed by atoms with Gasteiger partial charge in [-0.05, 0) is 11.3 Å². The molecule has 0 fully saturated rings. The number of hydrogen-bond donors (Lipinski definition) is 2. The lowest BCUT2D eigenvalue weighted by atomic mass is 9.80. The van der Waals surface area contributed by atoms with Gasteiger partial charge in [0.25, 0.3) is 0 Å². The van der Waals surface area contributed by atoms with Crippen LogP contribution < -0.4 is 10.9 Å². The largest absolute Gasteiger partial charge is 0.379 e. The molecule has 0 saturated carbocycles. The number of nitrogens with one attached hydrogen (secondary N) is 2. The van der Waals surface area contributed by atoms with E-state index in [1.807, 2.05) is 0 Å². The molecule has 1 atom stereocenters. The predicted octanol–water partition coefficient (Wildman–Crippen LogP) is 3.00. The van der Waals surface area contributed by atoms with Gasteiger partial charge in [-0.3, -0.25) is 4.79 Å². The number of anilines is 1. The van der Waals surface area contributed by atoms with E-state index in [1.165, 1.54) is 6.07 Å². The van der Waals surface area contributed by atoms with Crippen molar-refractivity contribution in [2.75, 3.05) is 5.32 Å². The molecule has 0 bridgehead atoms. The number of halogens is 1. The highest BCUT2D eigenvalue weighted by molar-refractivity contribution is 5.44. The summed E-state index contributed by atoms with van der Waals surface area (Å²) in [5.74, 6) is -0.0896. The third kappa shape index (κ3) is 3.58. The molecule has 1 aromatic heterocycles. The molecule has 0 unspecified atom stereocenters. The maximum atomic E-state index is 13.5. The Bertz CT molecular complexity index is 432. The predicted molar refractivity (Wildman–Crippen MR) is 68.7 cm³/mol. The second kappa shape index (κ2) is 4.90. The van der Waals surface area contributed by atoms with Crippen LogP contribution >= 0.6 is 0 Å². The van der Waals surface area contributed by atoms with Crippen LogP contribution in [-0.2, 0) is 0 Å². The number of H-pyrrole nitrogens is 1. The minimum atomic E-state index is -0.431. The fourth-order valence-corrected chi connectivity index (χ4v) is 2.12. The normalized spacial score (nSPS) is 13.8. The van der Waals surface area contributed by atoms with E-state index in [9.17, 15) is 9.18 Å². The fraction of sp³-hybridized carbons (Fsp3) is 0.615. The average Bonchev–Trinajstić information content (AvgIpc) is 2.17. The molecule has 1 heterocycles. The topological polar surface area (TPSA) is 44.9 Å². The molecule has 17 heavy (non-hydrogen) atoms. The van der Waals surface area contributed by atoms with E-state index >= 15 is 0 Å². The van der Waals surface area contributed by atoms with Crippen LogP contribution in [0, 0.1) is 17.2 Å². The van der Waals surface area contributed by atoms with Gasteiger partial charge in [0.2, 0.25) is 5.56 Å². The van der Waals surface area contributed by atoms with Gasteiger partial charge in [-0.1, -0.05) is 34.6 Å². The molecule has 0 aliphatic rings. The number of rotatable bonds is 3. The second-order valence-corrected chi connectivity index (χ2v) is 5.79. The minimum Gasteiger partial charge on any atom is -0.379 e. The Hall–Kier alpha value is -1.32. The summed E-state index contributed by atoms with van der Waals surface area (Å²) in [6, 6.07) is 1.36. The maximum Gasteiger partial charge on any atom is 0.250 e. The van der Waals surface area contributed by atoms with Crippen molar-refractivity contribution in [3.8, 4) is 0 Å². The zero-order valence-corrected chi connectivity index (χ0v) is 11.1. The van der Waals surface area contributed by atoms with Crippen LogP contribution in [0.4, 0.5) is 10.1 Å². The van der Waals surface area contributed by atoms with Gasteiger partial charge in [0.15, 0.2) is 5.82 Å². The summed E-state index contributed by atoms with van der Waals surface area (Å²) in [5.41, 5.74) is -0.0453. The first-order valence-electron chi connectivity index (χ1n) is 5.86. The molecular weight excluding hydrogens is 219 g/mol. The van der Waals surface area contributed by atoms with Crippen LogP contribution in [0.5, 0.6) is 0 Å². The van der Waals surface area contributed by atoms with Gasteiger partial charge in [0.1, 0.15) is 0 Å². The summed E-state index contributed by atoms with van der Waals surface area (Å²) in [6.07, 6.45) is 1.09. The van der Waals surface area contributed by atoms with Crippen molar-refractivity contribution in [3.05, 3.63) is 28.4 Å². The molecule has 0 radical (unpaired) electrons. The molecule has 1 aromatic rings. The van der Waals surface area contributed by atoms with Crippen molar-refractivity contribution in [1.82, 2.24) is 4.98 Å². The molecule has 3 nitrogen and oxygen atoms in total. The van der Waals surface area contributed by atoms with E-state index in [1.54, 1.807) is 0 Å². The van der Waals surface area contributed by atoms with Gasteiger partial charge in [-0.15, -0.1) is 0 Å². The molecule has 1 rings (SSSR count). The van der Waals surface area contributed by atoms with Gasteiger partial charge in [-0.2, -0.15) is 0 Å². The maximum absolute atomic E-state index is 13.5. The Balaban J connectivity index is 3.02. The number of hydrogen-bond acceptors (Lipinski definition) is 2. The molecule has 0 spiro atoms. The molecule has 0 amide bonds. The van der Waals surface area contributed by atoms with E-state index in [0.29, 0.717) is 5.92 Å². The molecule has 0 saturated heterocycles. The highest BCUT2D eigenvalue weighted by atomic mass is 19.1. The van der Waals surface area contributed by atoms with Gasteiger partial charge in [0, 0.05) is 18.3 Å². The van der Waals surface area contributed by atoms with Crippen molar-refractivity contribution < 1.29 is 4.39 Å². The third-order valence-electron chi connectivity index (χ3n) is 2.78. The van der Waals surface area contributed by atoms with Crippen LogP contribution in [0.1, 0.15) is 34.6 Å². The van der Waals surface area contributed by atoms with Crippen LogP contribution in [0.25, 0.3) is 0 Å². The number of pyridine rings is 1. The summed E-state index contributed by atoms with van der Waals surface area (Å²) in [4.78, 5) is 13.5. The Kier molecular flexibility index (Phi) is 3.96. The van der Waals surface area contributed by atoms with Gasteiger partial charge < -0.3 is 10.3 Å². The van der Waals surface area contributed by atoms with E-state index in [-0.39, 0.29) is 22.7 Å². The zero-order chi connectivity index (χ0) is 13.2. The molecular formula is C13H21FN2O. The first kappa shape index (κ1) is 13.7. The zero-order valence-electron chi connectivity index (χ0n) is 11.1. The van der Waals surface area contributed by atoms with Crippen LogP contribution in [0.2, 0.25) is 0 Å². The monoisotopic (exact) mass is 240 g/mol. The highest BCUT2D eigenvalue weighted by Gasteiger charge is 2.28. The van der Waals surface area contributed by atoms with E-state index < -0.39 is 5.82 Å². The van der Waals surface area contributed by atoms with E-state index in [0.717, 1.165) is 6.20 Å². The van der Waals surface area contributed by atoms with Crippen LogP contribution in [-0.4, -0.2) is 11.0 Å². The molecule has 96 valence electrons. The quantitative estimate of drug-likeness (QED) is 0.853. The van der Waals surface area contributed by atoms with Crippen molar-refractivity contribution >= 4 is 5.69 Å². The van der Waals surface area contributed by atoms with E-state index in [2.05, 4.69) is 44.9 Å². The Morgan fingerprint density at radius 3 is 2.41 bits per heavy atom. The van der Waals surface area contributed by atoms with Crippen molar-refractivity contribution in [2.24, 2.45) is 11.3 Å². The van der Waals surface area contributed by atoms with Crippen LogP contribution in [0.3, 0.4) is 0 Å². The summed E-state index contributed by atoms with van der Waals surface area (Å²) in [7, 11) is 0. The summed E-state index contributed by atoms with van der Waals surface area (Å²) >= 11 is 0. The lowest BCUT2D eigenvalue weighted by Gasteiger charge is -2.35. The second-order valence-electron chi connectivity index (χ2n) is 5.79. The lowest BCUT2D eigenvalue weighted by Crippen LogP contribution is -2.39. The first-order valence-corrected chi connectivity index (χ1v) is 5.86. The fourth-order valence-electron chi connectivity index (χ4n) is 2.12. The Labute approximate surface area is 101 Å². The van der Waals surface area contributed by atoms with Crippen molar-refractivity contribution in [3.63, 3.8) is 0 Å². The molecule has 0 aliphatic carbocycles. The molecule has 4 heteroatoms.